The van der Waals surface area contributed by atoms with Gasteiger partial charge < -0.3 is 5.32 Å². The molecule has 0 bridgehead atoms. The van der Waals surface area contributed by atoms with E-state index < -0.39 is 0 Å². The Bertz CT molecular complexity index is 917. The first-order chi connectivity index (χ1) is 12.8. The van der Waals surface area contributed by atoms with Gasteiger partial charge in [-0.15, -0.1) is 11.3 Å². The summed E-state index contributed by atoms with van der Waals surface area (Å²) in [5.41, 5.74) is 3.22. The molecule has 0 aliphatic heterocycles. The van der Waals surface area contributed by atoms with Crippen LogP contribution in [0.2, 0.25) is 0 Å². The van der Waals surface area contributed by atoms with Gasteiger partial charge in [0.2, 0.25) is 0 Å². The molecule has 0 spiro atoms. The van der Waals surface area contributed by atoms with Gasteiger partial charge in [-0.3, -0.25) is 9.48 Å². The fourth-order valence-electron chi connectivity index (χ4n) is 3.89. The van der Waals surface area contributed by atoms with Crippen molar-refractivity contribution >= 4 is 27.5 Å². The van der Waals surface area contributed by atoms with Crippen LogP contribution in [0.25, 0.3) is 10.2 Å². The molecule has 1 aromatic carbocycles. The van der Waals surface area contributed by atoms with Gasteiger partial charge in [-0.2, -0.15) is 5.10 Å². The molecule has 1 amide bonds. The molecule has 0 radical (unpaired) electrons. The maximum Gasteiger partial charge on any atom is 0.280 e. The van der Waals surface area contributed by atoms with Crippen molar-refractivity contribution in [3.05, 3.63) is 46.7 Å². The minimum absolute atomic E-state index is 0.116. The van der Waals surface area contributed by atoms with Gasteiger partial charge in [-0.25, -0.2) is 4.98 Å². The number of rotatable bonds is 5. The van der Waals surface area contributed by atoms with Crippen LogP contribution < -0.4 is 5.32 Å². The molecule has 2 aliphatic rings. The Morgan fingerprint density at radius 3 is 2.77 bits per heavy atom. The number of amides is 1. The van der Waals surface area contributed by atoms with Gasteiger partial charge in [0.25, 0.3) is 5.91 Å². The first kappa shape index (κ1) is 16.0. The van der Waals surface area contributed by atoms with Gasteiger partial charge in [0.15, 0.2) is 5.01 Å². The fraction of sp³-hybridized carbons (Fsp3) is 0.450. The third-order valence-corrected chi connectivity index (χ3v) is 6.43. The molecule has 2 fully saturated rings. The van der Waals surface area contributed by atoms with Gasteiger partial charge in [-0.1, -0.05) is 25.0 Å². The topological polar surface area (TPSA) is 59.8 Å². The zero-order chi connectivity index (χ0) is 17.5. The Kier molecular flexibility index (Phi) is 4.00. The number of carbonyl (C=O) groups excluding carboxylic acids is 1. The molecule has 5 rings (SSSR count). The normalized spacial score (nSPS) is 17.8. The quantitative estimate of drug-likeness (QED) is 0.727. The van der Waals surface area contributed by atoms with Crippen molar-refractivity contribution in [2.75, 3.05) is 0 Å². The van der Waals surface area contributed by atoms with E-state index in [1.54, 1.807) is 0 Å². The smallest absolute Gasteiger partial charge is 0.280 e. The van der Waals surface area contributed by atoms with E-state index in [1.807, 2.05) is 24.3 Å². The summed E-state index contributed by atoms with van der Waals surface area (Å²) in [6, 6.07) is 10.6. The second-order valence-electron chi connectivity index (χ2n) is 7.39. The summed E-state index contributed by atoms with van der Waals surface area (Å²) in [4.78, 5) is 16.9. The molecular weight excluding hydrogens is 344 g/mol. The van der Waals surface area contributed by atoms with Crippen LogP contribution in [0.1, 0.15) is 71.7 Å². The number of fused-ring (bicyclic) bond motifs is 1. The number of nitrogens with one attached hydrogen (secondary N) is 1. The molecule has 6 heteroatoms. The highest BCUT2D eigenvalue weighted by atomic mass is 32.1. The maximum atomic E-state index is 12.5. The standard InChI is InChI=1S/C20H22N4OS/c25-19(20-22-16-7-3-4-8-18(16)26-20)21-12-14-11-17(13-9-10-13)24(23-14)15-5-1-2-6-15/h3-4,7-8,11,13,15H,1-2,5-6,9-10,12H2,(H,21,25). The number of para-hydroxylation sites is 1. The molecule has 2 aliphatic carbocycles. The first-order valence-corrected chi connectivity index (χ1v) is 10.3. The Balaban J connectivity index is 1.31. The highest BCUT2D eigenvalue weighted by molar-refractivity contribution is 7.20. The summed E-state index contributed by atoms with van der Waals surface area (Å²) in [7, 11) is 0. The summed E-state index contributed by atoms with van der Waals surface area (Å²) in [5.74, 6) is 0.561. The number of thiazole rings is 1. The number of hydrogen-bond donors (Lipinski definition) is 1. The molecule has 0 saturated heterocycles. The number of carbonyl (C=O) groups is 1. The largest absolute Gasteiger partial charge is 0.344 e. The van der Waals surface area contributed by atoms with Gasteiger partial charge in [0.05, 0.1) is 28.5 Å². The lowest BCUT2D eigenvalue weighted by Gasteiger charge is -2.13. The van der Waals surface area contributed by atoms with Crippen LogP contribution in [-0.2, 0) is 6.54 Å². The Morgan fingerprint density at radius 2 is 2.00 bits per heavy atom. The molecule has 5 nitrogen and oxygen atoms in total. The van der Waals surface area contributed by atoms with Gasteiger partial charge in [0.1, 0.15) is 0 Å². The molecule has 2 saturated carbocycles. The maximum absolute atomic E-state index is 12.5. The third kappa shape index (κ3) is 3.03. The first-order valence-electron chi connectivity index (χ1n) is 9.50. The van der Waals surface area contributed by atoms with E-state index >= 15 is 0 Å². The molecule has 1 N–H and O–H groups in total. The molecule has 3 aromatic rings. The van der Waals surface area contributed by atoms with Gasteiger partial charge in [0, 0.05) is 11.6 Å². The SMILES string of the molecule is O=C(NCc1cc(C2CC2)n(C2CCCC2)n1)c1nc2ccccc2s1. The number of benzene rings is 1. The lowest BCUT2D eigenvalue weighted by Crippen LogP contribution is -2.23. The van der Waals surface area contributed by atoms with Crippen molar-refractivity contribution in [2.45, 2.75) is 57.0 Å². The number of hydrogen-bond acceptors (Lipinski definition) is 4. The lowest BCUT2D eigenvalue weighted by molar-refractivity contribution is 0.0950. The van der Waals surface area contributed by atoms with Crippen molar-refractivity contribution in [3.8, 4) is 0 Å². The molecular formula is C20H22N4OS. The summed E-state index contributed by atoms with van der Waals surface area (Å²) >= 11 is 1.44. The van der Waals surface area contributed by atoms with Gasteiger partial charge >= 0.3 is 0 Å². The van der Waals surface area contributed by atoms with Crippen LogP contribution in [0.4, 0.5) is 0 Å². The van der Waals surface area contributed by atoms with Crippen molar-refractivity contribution in [2.24, 2.45) is 0 Å². The predicted molar refractivity (Wildman–Crippen MR) is 102 cm³/mol. The number of aromatic nitrogens is 3. The molecule has 0 unspecified atom stereocenters. The Labute approximate surface area is 156 Å². The number of nitrogens with zero attached hydrogens (tertiary/aromatic N) is 3. The van der Waals surface area contributed by atoms with Crippen molar-refractivity contribution in [1.82, 2.24) is 20.1 Å². The summed E-state index contributed by atoms with van der Waals surface area (Å²) in [6.07, 6.45) is 7.63. The van der Waals surface area contributed by atoms with E-state index in [0.29, 0.717) is 23.5 Å². The highest BCUT2D eigenvalue weighted by Crippen LogP contribution is 2.43. The Hall–Kier alpha value is -2.21. The second kappa shape index (κ2) is 6.50. The second-order valence-corrected chi connectivity index (χ2v) is 8.42. The van der Waals surface area contributed by atoms with Crippen LogP contribution >= 0.6 is 11.3 Å². The van der Waals surface area contributed by atoms with Crippen molar-refractivity contribution in [3.63, 3.8) is 0 Å². The van der Waals surface area contributed by atoms with E-state index in [4.69, 9.17) is 5.10 Å². The van der Waals surface area contributed by atoms with E-state index in [1.165, 1.54) is 55.6 Å². The van der Waals surface area contributed by atoms with E-state index in [2.05, 4.69) is 21.0 Å². The molecule has 2 heterocycles. The van der Waals surface area contributed by atoms with Crippen LogP contribution in [0.15, 0.2) is 30.3 Å². The van der Waals surface area contributed by atoms with Crippen molar-refractivity contribution in [1.29, 1.82) is 0 Å². The summed E-state index contributed by atoms with van der Waals surface area (Å²) in [5, 5.41) is 8.36. The highest BCUT2D eigenvalue weighted by Gasteiger charge is 2.31. The summed E-state index contributed by atoms with van der Waals surface area (Å²) in [6.45, 7) is 0.466. The van der Waals surface area contributed by atoms with E-state index in [-0.39, 0.29) is 5.91 Å². The fourth-order valence-corrected chi connectivity index (χ4v) is 4.77. The van der Waals surface area contributed by atoms with Crippen LogP contribution in [0.5, 0.6) is 0 Å². The minimum atomic E-state index is -0.116. The average molecular weight is 366 g/mol. The lowest BCUT2D eigenvalue weighted by atomic mass is 10.2. The molecule has 0 atom stereocenters. The molecule has 134 valence electrons. The zero-order valence-electron chi connectivity index (χ0n) is 14.6. The van der Waals surface area contributed by atoms with E-state index in [0.717, 1.165) is 15.9 Å². The third-order valence-electron chi connectivity index (χ3n) is 5.40. The average Bonchev–Trinajstić information content (AvgIpc) is 3.08. The van der Waals surface area contributed by atoms with Crippen LogP contribution in [0, 0.1) is 0 Å². The summed E-state index contributed by atoms with van der Waals surface area (Å²) < 4.78 is 3.31. The predicted octanol–water partition coefficient (Wildman–Crippen LogP) is 4.42. The van der Waals surface area contributed by atoms with Gasteiger partial charge in [-0.05, 0) is 43.9 Å². The van der Waals surface area contributed by atoms with Crippen LogP contribution in [-0.4, -0.2) is 20.7 Å². The van der Waals surface area contributed by atoms with Crippen molar-refractivity contribution < 1.29 is 4.79 Å². The molecule has 26 heavy (non-hydrogen) atoms. The minimum Gasteiger partial charge on any atom is -0.344 e. The monoisotopic (exact) mass is 366 g/mol. The zero-order valence-corrected chi connectivity index (χ0v) is 15.5. The van der Waals surface area contributed by atoms with Crippen LogP contribution in [0.3, 0.4) is 0 Å². The molecule has 2 aromatic heterocycles. The Morgan fingerprint density at radius 1 is 1.19 bits per heavy atom. The van der Waals surface area contributed by atoms with E-state index in [9.17, 15) is 4.79 Å².